The lowest BCUT2D eigenvalue weighted by Gasteiger charge is -2.00. The van der Waals surface area contributed by atoms with Gasteiger partial charge in [-0.2, -0.15) is 0 Å². The van der Waals surface area contributed by atoms with Crippen molar-refractivity contribution in [2.75, 3.05) is 0 Å². The SMILES string of the molecule is OCc1nc(-c2c(F)cccc2F)cs1. The van der Waals surface area contributed by atoms with Gasteiger partial charge >= 0.3 is 0 Å². The van der Waals surface area contributed by atoms with E-state index >= 15 is 0 Å². The molecule has 2 rings (SSSR count). The Bertz CT molecular complexity index is 464. The molecule has 1 heterocycles. The molecule has 0 fully saturated rings. The molecule has 15 heavy (non-hydrogen) atoms. The van der Waals surface area contributed by atoms with Gasteiger partial charge in [0.25, 0.3) is 0 Å². The third-order valence-electron chi connectivity index (χ3n) is 1.91. The van der Waals surface area contributed by atoms with Crippen molar-refractivity contribution in [3.63, 3.8) is 0 Å². The molecule has 0 amide bonds. The fourth-order valence-electron chi connectivity index (χ4n) is 1.24. The second kappa shape index (κ2) is 4.04. The maximum absolute atomic E-state index is 13.3. The minimum Gasteiger partial charge on any atom is -0.389 e. The van der Waals surface area contributed by atoms with Crippen LogP contribution in [-0.4, -0.2) is 10.1 Å². The van der Waals surface area contributed by atoms with E-state index in [4.69, 9.17) is 5.11 Å². The van der Waals surface area contributed by atoms with Crippen LogP contribution in [0.25, 0.3) is 11.3 Å². The number of aliphatic hydroxyl groups is 1. The third kappa shape index (κ3) is 1.88. The Hall–Kier alpha value is -1.33. The topological polar surface area (TPSA) is 33.1 Å². The third-order valence-corrected chi connectivity index (χ3v) is 2.74. The standard InChI is InChI=1S/C10H7F2NOS/c11-6-2-1-3-7(12)10(6)8-5-15-9(4-14)13-8/h1-3,5,14H,4H2. The van der Waals surface area contributed by atoms with Crippen LogP contribution >= 0.6 is 11.3 Å². The Morgan fingerprint density at radius 1 is 1.27 bits per heavy atom. The highest BCUT2D eigenvalue weighted by atomic mass is 32.1. The fraction of sp³-hybridized carbons (Fsp3) is 0.100. The van der Waals surface area contributed by atoms with Crippen molar-refractivity contribution in [1.29, 1.82) is 0 Å². The van der Waals surface area contributed by atoms with Gasteiger partial charge in [-0.3, -0.25) is 0 Å². The molecule has 0 saturated heterocycles. The van der Waals surface area contributed by atoms with E-state index in [1.165, 1.54) is 34.9 Å². The Kier molecular flexibility index (Phi) is 2.75. The van der Waals surface area contributed by atoms with Gasteiger partial charge in [0.2, 0.25) is 0 Å². The highest BCUT2D eigenvalue weighted by Gasteiger charge is 2.13. The van der Waals surface area contributed by atoms with Crippen LogP contribution in [0.15, 0.2) is 23.6 Å². The van der Waals surface area contributed by atoms with Gasteiger partial charge in [0.05, 0.1) is 17.9 Å². The summed E-state index contributed by atoms with van der Waals surface area (Å²) in [4.78, 5) is 3.91. The van der Waals surface area contributed by atoms with Crippen molar-refractivity contribution in [3.05, 3.63) is 40.2 Å². The van der Waals surface area contributed by atoms with E-state index in [1.54, 1.807) is 0 Å². The molecule has 1 aromatic carbocycles. The summed E-state index contributed by atoms with van der Waals surface area (Å²) < 4.78 is 26.6. The molecule has 78 valence electrons. The Balaban J connectivity index is 2.53. The van der Waals surface area contributed by atoms with Crippen LogP contribution in [0.4, 0.5) is 8.78 Å². The van der Waals surface area contributed by atoms with Crippen LogP contribution in [0.5, 0.6) is 0 Å². The summed E-state index contributed by atoms with van der Waals surface area (Å²) >= 11 is 1.17. The molecule has 1 aromatic heterocycles. The van der Waals surface area contributed by atoms with E-state index in [0.29, 0.717) is 5.01 Å². The van der Waals surface area contributed by atoms with Crippen LogP contribution in [0.1, 0.15) is 5.01 Å². The predicted molar refractivity (Wildman–Crippen MR) is 53.4 cm³/mol. The molecule has 2 nitrogen and oxygen atoms in total. The maximum Gasteiger partial charge on any atom is 0.135 e. The molecule has 5 heteroatoms. The lowest BCUT2D eigenvalue weighted by molar-refractivity contribution is 0.281. The van der Waals surface area contributed by atoms with Gasteiger partial charge < -0.3 is 5.11 Å². The quantitative estimate of drug-likeness (QED) is 0.855. The van der Waals surface area contributed by atoms with Crippen molar-refractivity contribution < 1.29 is 13.9 Å². The Morgan fingerprint density at radius 3 is 2.47 bits per heavy atom. The number of rotatable bonds is 2. The number of aliphatic hydroxyl groups excluding tert-OH is 1. The highest BCUT2D eigenvalue weighted by Crippen LogP contribution is 2.27. The van der Waals surface area contributed by atoms with Crippen LogP contribution in [0.3, 0.4) is 0 Å². The average molecular weight is 227 g/mol. The lowest BCUT2D eigenvalue weighted by atomic mass is 10.1. The van der Waals surface area contributed by atoms with E-state index in [1.807, 2.05) is 0 Å². The normalized spacial score (nSPS) is 10.6. The van der Waals surface area contributed by atoms with Crippen molar-refractivity contribution in [2.24, 2.45) is 0 Å². The molecule has 0 aliphatic rings. The molecule has 0 radical (unpaired) electrons. The first-order valence-electron chi connectivity index (χ1n) is 4.22. The number of nitrogens with zero attached hydrogens (tertiary/aromatic N) is 1. The van der Waals surface area contributed by atoms with Crippen LogP contribution in [-0.2, 0) is 6.61 Å². The van der Waals surface area contributed by atoms with Crippen molar-refractivity contribution in [1.82, 2.24) is 4.98 Å². The fourth-order valence-corrected chi connectivity index (χ4v) is 1.88. The van der Waals surface area contributed by atoms with E-state index in [0.717, 1.165) is 0 Å². The van der Waals surface area contributed by atoms with E-state index < -0.39 is 11.6 Å². The van der Waals surface area contributed by atoms with Gasteiger partial charge in [0.1, 0.15) is 16.6 Å². The van der Waals surface area contributed by atoms with Crippen LogP contribution in [0.2, 0.25) is 0 Å². The van der Waals surface area contributed by atoms with E-state index in [9.17, 15) is 8.78 Å². The second-order valence-corrected chi connectivity index (χ2v) is 3.82. The highest BCUT2D eigenvalue weighted by molar-refractivity contribution is 7.09. The van der Waals surface area contributed by atoms with Gasteiger partial charge in [0.15, 0.2) is 0 Å². The van der Waals surface area contributed by atoms with Crippen LogP contribution in [0, 0.1) is 11.6 Å². The van der Waals surface area contributed by atoms with Gasteiger partial charge in [-0.05, 0) is 12.1 Å². The second-order valence-electron chi connectivity index (χ2n) is 2.88. The molecule has 2 aromatic rings. The van der Waals surface area contributed by atoms with Crippen molar-refractivity contribution in [2.45, 2.75) is 6.61 Å². The van der Waals surface area contributed by atoms with E-state index in [2.05, 4.69) is 4.98 Å². The number of halogens is 2. The summed E-state index contributed by atoms with van der Waals surface area (Å²) in [7, 11) is 0. The first-order chi connectivity index (χ1) is 7.22. The number of aromatic nitrogens is 1. The number of hydrogen-bond donors (Lipinski definition) is 1. The minimum atomic E-state index is -0.648. The Labute approximate surface area is 88.8 Å². The molecule has 0 spiro atoms. The summed E-state index contributed by atoms with van der Waals surface area (Å²) in [6.45, 7) is -0.221. The Morgan fingerprint density at radius 2 is 1.93 bits per heavy atom. The molecule has 1 N–H and O–H groups in total. The molecule has 0 saturated carbocycles. The monoisotopic (exact) mass is 227 g/mol. The van der Waals surface area contributed by atoms with Crippen molar-refractivity contribution in [3.8, 4) is 11.3 Å². The molecule has 0 aliphatic carbocycles. The summed E-state index contributed by atoms with van der Waals surface area (Å²) in [5.74, 6) is -1.30. The molecule has 0 unspecified atom stereocenters. The predicted octanol–water partition coefficient (Wildman–Crippen LogP) is 2.58. The zero-order valence-corrected chi connectivity index (χ0v) is 8.39. The average Bonchev–Trinajstić information content (AvgIpc) is 2.66. The first kappa shape index (κ1) is 10.2. The zero-order chi connectivity index (χ0) is 10.8. The first-order valence-corrected chi connectivity index (χ1v) is 5.10. The van der Waals surface area contributed by atoms with Crippen molar-refractivity contribution >= 4 is 11.3 Å². The summed E-state index contributed by atoms with van der Waals surface area (Å²) in [6, 6.07) is 3.65. The molecular formula is C10H7F2NOS. The smallest absolute Gasteiger partial charge is 0.135 e. The summed E-state index contributed by atoms with van der Waals surface area (Å²) in [6.07, 6.45) is 0. The van der Waals surface area contributed by atoms with Gasteiger partial charge in [0, 0.05) is 5.38 Å². The largest absolute Gasteiger partial charge is 0.389 e. The van der Waals surface area contributed by atoms with E-state index in [-0.39, 0.29) is 17.9 Å². The van der Waals surface area contributed by atoms with Crippen LogP contribution < -0.4 is 0 Å². The summed E-state index contributed by atoms with van der Waals surface area (Å²) in [5, 5.41) is 10.8. The van der Waals surface area contributed by atoms with Gasteiger partial charge in [-0.1, -0.05) is 6.07 Å². The maximum atomic E-state index is 13.3. The van der Waals surface area contributed by atoms with Gasteiger partial charge in [-0.25, -0.2) is 13.8 Å². The molecule has 0 bridgehead atoms. The molecule has 0 aliphatic heterocycles. The number of thiazole rings is 1. The number of hydrogen-bond acceptors (Lipinski definition) is 3. The molecular weight excluding hydrogens is 220 g/mol. The van der Waals surface area contributed by atoms with Gasteiger partial charge in [-0.15, -0.1) is 11.3 Å². The zero-order valence-electron chi connectivity index (χ0n) is 7.58. The number of benzene rings is 1. The molecule has 0 atom stereocenters. The lowest BCUT2D eigenvalue weighted by Crippen LogP contribution is -1.90. The summed E-state index contributed by atoms with van der Waals surface area (Å²) in [5.41, 5.74) is 0.0769. The minimum absolute atomic E-state index is 0.145.